The molecular formula is C17H20N4O4. The fraction of sp³-hybridized carbons (Fsp3) is 0.412. The van der Waals surface area contributed by atoms with Gasteiger partial charge in [-0.3, -0.25) is 19.2 Å². The third kappa shape index (κ3) is 3.07. The molecule has 1 aromatic carbocycles. The molecule has 0 saturated carbocycles. The zero-order valence-corrected chi connectivity index (χ0v) is 14.2. The zero-order chi connectivity index (χ0) is 18.1. The fourth-order valence-electron chi connectivity index (χ4n) is 3.13. The van der Waals surface area contributed by atoms with Gasteiger partial charge in [-0.25, -0.2) is 0 Å². The van der Waals surface area contributed by atoms with E-state index in [0.29, 0.717) is 49.3 Å². The van der Waals surface area contributed by atoms with E-state index in [4.69, 9.17) is 0 Å². The zero-order valence-electron chi connectivity index (χ0n) is 14.2. The van der Waals surface area contributed by atoms with Gasteiger partial charge in [-0.15, -0.1) is 0 Å². The Hall–Kier alpha value is -2.90. The van der Waals surface area contributed by atoms with Gasteiger partial charge in [0.1, 0.15) is 0 Å². The fourth-order valence-corrected chi connectivity index (χ4v) is 3.13. The van der Waals surface area contributed by atoms with E-state index in [1.165, 1.54) is 11.5 Å². The predicted molar refractivity (Wildman–Crippen MR) is 92.7 cm³/mol. The van der Waals surface area contributed by atoms with Crippen LogP contribution >= 0.6 is 0 Å². The number of rotatable bonds is 2. The summed E-state index contributed by atoms with van der Waals surface area (Å²) >= 11 is 0. The van der Waals surface area contributed by atoms with Crippen molar-refractivity contribution in [3.8, 4) is 0 Å². The third-order valence-corrected chi connectivity index (χ3v) is 4.55. The summed E-state index contributed by atoms with van der Waals surface area (Å²) in [5.41, 5.74) is 0.189. The number of hydrogen-bond acceptors (Lipinski definition) is 4. The summed E-state index contributed by atoms with van der Waals surface area (Å²) in [6, 6.07) is 4.93. The van der Waals surface area contributed by atoms with Crippen molar-refractivity contribution in [3.63, 3.8) is 0 Å². The predicted octanol–water partition coefficient (Wildman–Crippen LogP) is 0.0140. The molecule has 0 unspecified atom stereocenters. The number of hydrogen-bond donors (Lipinski definition) is 1. The first-order valence-electron chi connectivity index (χ1n) is 8.24. The standard InChI is InChI=1S/C17H20N4O4/c1-3-21-14-5-4-12(10-13(14)18-15(23)17(21)25)16(24)20-8-6-19(7-9-20)11(2)22/h4-5,10H,3,6-9H2,1-2H3,(H,18,23). The highest BCUT2D eigenvalue weighted by Crippen LogP contribution is 2.15. The number of fused-ring (bicyclic) bond motifs is 1. The Morgan fingerprint density at radius 1 is 1.08 bits per heavy atom. The highest BCUT2D eigenvalue weighted by atomic mass is 16.2. The summed E-state index contributed by atoms with van der Waals surface area (Å²) in [6.07, 6.45) is 0. The maximum atomic E-state index is 12.7. The maximum absolute atomic E-state index is 12.7. The van der Waals surface area contributed by atoms with Crippen LogP contribution < -0.4 is 11.1 Å². The number of carbonyl (C=O) groups is 2. The Balaban J connectivity index is 1.91. The number of aryl methyl sites for hydroxylation is 1. The number of aromatic amines is 1. The van der Waals surface area contributed by atoms with Gasteiger partial charge >= 0.3 is 11.1 Å². The van der Waals surface area contributed by atoms with Crippen molar-refractivity contribution < 1.29 is 9.59 Å². The number of piperazine rings is 1. The van der Waals surface area contributed by atoms with Crippen LogP contribution in [0.2, 0.25) is 0 Å². The van der Waals surface area contributed by atoms with Crippen LogP contribution in [0, 0.1) is 0 Å². The quantitative estimate of drug-likeness (QED) is 0.777. The lowest BCUT2D eigenvalue weighted by Gasteiger charge is -2.34. The number of carbonyl (C=O) groups excluding carboxylic acids is 2. The molecule has 8 nitrogen and oxygen atoms in total. The van der Waals surface area contributed by atoms with E-state index in [2.05, 4.69) is 4.98 Å². The summed E-state index contributed by atoms with van der Waals surface area (Å²) in [6.45, 7) is 5.66. The van der Waals surface area contributed by atoms with E-state index < -0.39 is 11.1 Å². The summed E-state index contributed by atoms with van der Waals surface area (Å²) in [7, 11) is 0. The van der Waals surface area contributed by atoms with E-state index in [0.717, 1.165) is 0 Å². The summed E-state index contributed by atoms with van der Waals surface area (Å²) in [5, 5.41) is 0. The molecule has 1 fully saturated rings. The topological polar surface area (TPSA) is 95.5 Å². The van der Waals surface area contributed by atoms with Crippen LogP contribution in [-0.2, 0) is 11.3 Å². The Morgan fingerprint density at radius 2 is 1.72 bits per heavy atom. The number of nitrogens with one attached hydrogen (secondary N) is 1. The minimum Gasteiger partial charge on any atom is -0.339 e. The van der Waals surface area contributed by atoms with Gasteiger partial charge < -0.3 is 19.4 Å². The first kappa shape index (κ1) is 16.9. The van der Waals surface area contributed by atoms with E-state index in [1.54, 1.807) is 34.9 Å². The van der Waals surface area contributed by atoms with Gasteiger partial charge in [-0.2, -0.15) is 0 Å². The Morgan fingerprint density at radius 3 is 2.32 bits per heavy atom. The molecule has 2 aromatic rings. The van der Waals surface area contributed by atoms with Crippen molar-refractivity contribution in [1.82, 2.24) is 19.4 Å². The molecule has 132 valence electrons. The van der Waals surface area contributed by atoms with Crippen molar-refractivity contribution in [2.45, 2.75) is 20.4 Å². The molecule has 0 spiro atoms. The van der Waals surface area contributed by atoms with E-state index >= 15 is 0 Å². The van der Waals surface area contributed by atoms with Crippen LogP contribution in [0.1, 0.15) is 24.2 Å². The van der Waals surface area contributed by atoms with Crippen molar-refractivity contribution >= 4 is 22.8 Å². The smallest absolute Gasteiger partial charge is 0.316 e. The highest BCUT2D eigenvalue weighted by Gasteiger charge is 2.23. The molecule has 1 aliphatic heterocycles. The average Bonchev–Trinajstić information content (AvgIpc) is 2.62. The van der Waals surface area contributed by atoms with Gasteiger partial charge in [0.05, 0.1) is 11.0 Å². The average molecular weight is 344 g/mol. The molecule has 0 bridgehead atoms. The number of benzene rings is 1. The lowest BCUT2D eigenvalue weighted by Crippen LogP contribution is -2.50. The molecule has 0 atom stereocenters. The Bertz CT molecular complexity index is 951. The van der Waals surface area contributed by atoms with Crippen molar-refractivity contribution in [3.05, 3.63) is 44.5 Å². The molecule has 1 saturated heterocycles. The normalized spacial score (nSPS) is 14.8. The number of nitrogens with zero attached hydrogens (tertiary/aromatic N) is 3. The molecule has 0 aliphatic carbocycles. The molecule has 1 aromatic heterocycles. The van der Waals surface area contributed by atoms with Crippen LogP contribution in [-0.4, -0.2) is 57.3 Å². The second-order valence-electron chi connectivity index (χ2n) is 6.03. The summed E-state index contributed by atoms with van der Waals surface area (Å²) in [5.74, 6) is -0.145. The number of amides is 2. The minimum atomic E-state index is -0.700. The van der Waals surface area contributed by atoms with Crippen LogP contribution in [0.4, 0.5) is 0 Å². The third-order valence-electron chi connectivity index (χ3n) is 4.55. The SMILES string of the molecule is CCn1c(=O)c(=O)[nH]c2cc(C(=O)N3CCN(C(C)=O)CC3)ccc21. The largest absolute Gasteiger partial charge is 0.339 e. The molecule has 1 aliphatic rings. The molecule has 2 amide bonds. The lowest BCUT2D eigenvalue weighted by molar-refractivity contribution is -0.130. The van der Waals surface area contributed by atoms with E-state index in [-0.39, 0.29) is 11.8 Å². The van der Waals surface area contributed by atoms with Crippen LogP contribution in [0.5, 0.6) is 0 Å². The molecule has 0 radical (unpaired) electrons. The van der Waals surface area contributed by atoms with Crippen LogP contribution in [0.15, 0.2) is 27.8 Å². The van der Waals surface area contributed by atoms with E-state index in [9.17, 15) is 19.2 Å². The highest BCUT2D eigenvalue weighted by molar-refractivity contribution is 5.97. The van der Waals surface area contributed by atoms with Crippen molar-refractivity contribution in [2.24, 2.45) is 0 Å². The van der Waals surface area contributed by atoms with Gasteiger partial charge in [0, 0.05) is 45.2 Å². The molecular weight excluding hydrogens is 324 g/mol. The van der Waals surface area contributed by atoms with Gasteiger partial charge in [-0.05, 0) is 25.1 Å². The first-order valence-corrected chi connectivity index (χ1v) is 8.24. The number of H-pyrrole nitrogens is 1. The Labute approximate surface area is 143 Å². The second kappa shape index (κ2) is 6.54. The molecule has 2 heterocycles. The van der Waals surface area contributed by atoms with Gasteiger partial charge in [0.2, 0.25) is 5.91 Å². The summed E-state index contributed by atoms with van der Waals surface area (Å²) < 4.78 is 1.38. The van der Waals surface area contributed by atoms with Gasteiger partial charge in [-0.1, -0.05) is 0 Å². The lowest BCUT2D eigenvalue weighted by atomic mass is 10.1. The van der Waals surface area contributed by atoms with Crippen LogP contribution in [0.3, 0.4) is 0 Å². The first-order chi connectivity index (χ1) is 11.9. The number of aromatic nitrogens is 2. The van der Waals surface area contributed by atoms with E-state index in [1.807, 2.05) is 0 Å². The summed E-state index contributed by atoms with van der Waals surface area (Å²) in [4.78, 5) is 53.7. The molecule has 3 rings (SSSR count). The maximum Gasteiger partial charge on any atom is 0.316 e. The second-order valence-corrected chi connectivity index (χ2v) is 6.03. The molecule has 25 heavy (non-hydrogen) atoms. The monoisotopic (exact) mass is 344 g/mol. The minimum absolute atomic E-state index is 0.00733. The van der Waals surface area contributed by atoms with Crippen molar-refractivity contribution in [2.75, 3.05) is 26.2 Å². The van der Waals surface area contributed by atoms with Gasteiger partial charge in [0.25, 0.3) is 5.91 Å². The molecule has 1 N–H and O–H groups in total. The Kier molecular flexibility index (Phi) is 4.43. The van der Waals surface area contributed by atoms with Gasteiger partial charge in [0.15, 0.2) is 0 Å². The molecule has 8 heteroatoms. The van der Waals surface area contributed by atoms with Crippen molar-refractivity contribution in [1.29, 1.82) is 0 Å². The van der Waals surface area contributed by atoms with Crippen LogP contribution in [0.25, 0.3) is 11.0 Å².